The van der Waals surface area contributed by atoms with Gasteiger partial charge in [-0.25, -0.2) is 0 Å². The van der Waals surface area contributed by atoms with Gasteiger partial charge in [0.15, 0.2) is 0 Å². The summed E-state index contributed by atoms with van der Waals surface area (Å²) in [7, 11) is 0. The molecule has 3 heteroatoms. The number of aliphatic hydroxyl groups excluding tert-OH is 1. The van der Waals surface area contributed by atoms with Crippen LogP contribution in [-0.4, -0.2) is 23.7 Å². The first kappa shape index (κ1) is 11.2. The van der Waals surface area contributed by atoms with Crippen LogP contribution < -0.4 is 4.74 Å². The standard InChI is InChI=1S/C13H13ClO2/c14-8-11(15)9-16-13-7-3-5-10-4-1-2-6-12(10)13/h1-7,11,15H,8-9H2. The molecule has 0 aliphatic carbocycles. The summed E-state index contributed by atoms with van der Waals surface area (Å²) in [5.74, 6) is 0.965. The van der Waals surface area contributed by atoms with E-state index in [-0.39, 0.29) is 12.5 Å². The Morgan fingerprint density at radius 3 is 2.69 bits per heavy atom. The smallest absolute Gasteiger partial charge is 0.127 e. The third kappa shape index (κ3) is 2.46. The maximum absolute atomic E-state index is 9.33. The number of rotatable bonds is 4. The van der Waals surface area contributed by atoms with Crippen LogP contribution in [0.2, 0.25) is 0 Å². The average molecular weight is 237 g/mol. The molecule has 0 aliphatic rings. The Hall–Kier alpha value is -1.25. The third-order valence-corrected chi connectivity index (χ3v) is 2.72. The molecule has 2 nitrogen and oxygen atoms in total. The summed E-state index contributed by atoms with van der Waals surface area (Å²) in [6.07, 6.45) is -0.624. The topological polar surface area (TPSA) is 29.5 Å². The van der Waals surface area contributed by atoms with Gasteiger partial charge in [0.1, 0.15) is 18.5 Å². The molecule has 0 saturated carbocycles. The Balaban J connectivity index is 2.23. The number of alkyl halides is 1. The summed E-state index contributed by atoms with van der Waals surface area (Å²) < 4.78 is 5.54. The molecule has 84 valence electrons. The quantitative estimate of drug-likeness (QED) is 0.828. The Morgan fingerprint density at radius 1 is 1.12 bits per heavy atom. The highest BCUT2D eigenvalue weighted by Gasteiger charge is 2.05. The van der Waals surface area contributed by atoms with Gasteiger partial charge in [-0.05, 0) is 11.5 Å². The summed E-state index contributed by atoms with van der Waals surface area (Å²) in [5, 5.41) is 11.5. The van der Waals surface area contributed by atoms with Crippen molar-refractivity contribution in [3.8, 4) is 5.75 Å². The van der Waals surface area contributed by atoms with Crippen LogP contribution in [0.25, 0.3) is 10.8 Å². The number of benzene rings is 2. The summed E-state index contributed by atoms with van der Waals surface area (Å²) >= 11 is 5.51. The van der Waals surface area contributed by atoms with Gasteiger partial charge < -0.3 is 9.84 Å². The zero-order valence-corrected chi connectivity index (χ0v) is 9.52. The van der Waals surface area contributed by atoms with E-state index in [1.165, 1.54) is 0 Å². The van der Waals surface area contributed by atoms with Crippen LogP contribution in [-0.2, 0) is 0 Å². The molecule has 2 rings (SSSR count). The van der Waals surface area contributed by atoms with Gasteiger partial charge in [0.2, 0.25) is 0 Å². The van der Waals surface area contributed by atoms with Crippen molar-refractivity contribution in [2.45, 2.75) is 6.10 Å². The van der Waals surface area contributed by atoms with Gasteiger partial charge >= 0.3 is 0 Å². The zero-order valence-electron chi connectivity index (χ0n) is 8.77. The van der Waals surface area contributed by atoms with Gasteiger partial charge in [-0.3, -0.25) is 0 Å². The lowest BCUT2D eigenvalue weighted by atomic mass is 10.1. The highest BCUT2D eigenvalue weighted by molar-refractivity contribution is 6.18. The first-order chi connectivity index (χ1) is 7.81. The van der Waals surface area contributed by atoms with E-state index >= 15 is 0 Å². The largest absolute Gasteiger partial charge is 0.490 e. The predicted molar refractivity (Wildman–Crippen MR) is 66.2 cm³/mol. The van der Waals surface area contributed by atoms with E-state index in [0.717, 1.165) is 16.5 Å². The molecular weight excluding hydrogens is 224 g/mol. The Morgan fingerprint density at radius 2 is 1.88 bits per heavy atom. The second-order valence-corrected chi connectivity index (χ2v) is 3.91. The molecule has 0 heterocycles. The minimum atomic E-state index is -0.624. The summed E-state index contributed by atoms with van der Waals surface area (Å²) in [6, 6.07) is 13.8. The van der Waals surface area contributed by atoms with Crippen molar-refractivity contribution in [3.63, 3.8) is 0 Å². The zero-order chi connectivity index (χ0) is 11.4. The summed E-state index contributed by atoms with van der Waals surface area (Å²) in [5.41, 5.74) is 0. The van der Waals surface area contributed by atoms with Gasteiger partial charge in [-0.2, -0.15) is 0 Å². The number of hydrogen-bond donors (Lipinski definition) is 1. The highest BCUT2D eigenvalue weighted by atomic mass is 35.5. The molecule has 0 amide bonds. The van der Waals surface area contributed by atoms with E-state index in [2.05, 4.69) is 0 Å². The molecule has 1 atom stereocenters. The Labute approximate surface area is 99.4 Å². The molecule has 2 aromatic carbocycles. The monoisotopic (exact) mass is 236 g/mol. The fourth-order valence-corrected chi connectivity index (χ4v) is 1.64. The number of aliphatic hydroxyl groups is 1. The average Bonchev–Trinajstić information content (AvgIpc) is 2.35. The molecule has 0 bridgehead atoms. The Kier molecular flexibility index (Phi) is 3.65. The lowest BCUT2D eigenvalue weighted by molar-refractivity contribution is 0.126. The van der Waals surface area contributed by atoms with E-state index in [9.17, 15) is 5.11 Å². The Bertz CT molecular complexity index is 465. The molecule has 0 spiro atoms. The SMILES string of the molecule is OC(CCl)COc1cccc2ccccc12. The van der Waals surface area contributed by atoms with Crippen LogP contribution in [0.15, 0.2) is 42.5 Å². The van der Waals surface area contributed by atoms with E-state index < -0.39 is 6.10 Å². The fourth-order valence-electron chi connectivity index (χ4n) is 1.55. The lowest BCUT2D eigenvalue weighted by Gasteiger charge is -2.11. The normalized spacial score (nSPS) is 12.6. The van der Waals surface area contributed by atoms with E-state index in [4.69, 9.17) is 16.3 Å². The first-order valence-electron chi connectivity index (χ1n) is 5.16. The van der Waals surface area contributed by atoms with Crippen molar-refractivity contribution in [2.75, 3.05) is 12.5 Å². The molecule has 0 fully saturated rings. The number of hydrogen-bond acceptors (Lipinski definition) is 2. The molecule has 0 radical (unpaired) electrons. The molecule has 0 aliphatic heterocycles. The van der Waals surface area contributed by atoms with Crippen LogP contribution in [0, 0.1) is 0 Å². The predicted octanol–water partition coefficient (Wildman–Crippen LogP) is 2.82. The van der Waals surface area contributed by atoms with Crippen LogP contribution >= 0.6 is 11.6 Å². The minimum Gasteiger partial charge on any atom is -0.490 e. The minimum absolute atomic E-state index is 0.185. The van der Waals surface area contributed by atoms with E-state index in [1.54, 1.807) is 0 Å². The summed E-state index contributed by atoms with van der Waals surface area (Å²) in [6.45, 7) is 0.220. The molecule has 0 saturated heterocycles. The maximum Gasteiger partial charge on any atom is 0.127 e. The van der Waals surface area contributed by atoms with Crippen LogP contribution in [0.5, 0.6) is 5.75 Å². The number of halogens is 1. The maximum atomic E-state index is 9.33. The molecule has 1 N–H and O–H groups in total. The van der Waals surface area contributed by atoms with Crippen molar-refractivity contribution in [2.24, 2.45) is 0 Å². The summed E-state index contributed by atoms with van der Waals surface area (Å²) in [4.78, 5) is 0. The van der Waals surface area contributed by atoms with Crippen molar-refractivity contribution >= 4 is 22.4 Å². The van der Waals surface area contributed by atoms with E-state index in [0.29, 0.717) is 0 Å². The van der Waals surface area contributed by atoms with Crippen molar-refractivity contribution in [3.05, 3.63) is 42.5 Å². The van der Waals surface area contributed by atoms with Crippen LogP contribution in [0.4, 0.5) is 0 Å². The number of ether oxygens (including phenoxy) is 1. The van der Waals surface area contributed by atoms with Gasteiger partial charge in [0.05, 0.1) is 5.88 Å². The molecule has 2 aromatic rings. The van der Waals surface area contributed by atoms with Crippen molar-refractivity contribution in [1.82, 2.24) is 0 Å². The first-order valence-corrected chi connectivity index (χ1v) is 5.69. The second kappa shape index (κ2) is 5.19. The lowest BCUT2D eigenvalue weighted by Crippen LogP contribution is -2.18. The van der Waals surface area contributed by atoms with Crippen LogP contribution in [0.3, 0.4) is 0 Å². The van der Waals surface area contributed by atoms with Crippen molar-refractivity contribution in [1.29, 1.82) is 0 Å². The molecule has 1 unspecified atom stereocenters. The van der Waals surface area contributed by atoms with Gasteiger partial charge in [-0.15, -0.1) is 11.6 Å². The van der Waals surface area contributed by atoms with Gasteiger partial charge in [-0.1, -0.05) is 36.4 Å². The van der Waals surface area contributed by atoms with Gasteiger partial charge in [0, 0.05) is 5.39 Å². The highest BCUT2D eigenvalue weighted by Crippen LogP contribution is 2.25. The van der Waals surface area contributed by atoms with Gasteiger partial charge in [0.25, 0.3) is 0 Å². The molecule has 0 aromatic heterocycles. The van der Waals surface area contributed by atoms with Crippen LogP contribution in [0.1, 0.15) is 0 Å². The third-order valence-electron chi connectivity index (χ3n) is 2.36. The van der Waals surface area contributed by atoms with E-state index in [1.807, 2.05) is 42.5 Å². The molecule has 16 heavy (non-hydrogen) atoms. The second-order valence-electron chi connectivity index (χ2n) is 3.60. The molecular formula is C13H13ClO2. The van der Waals surface area contributed by atoms with Crippen molar-refractivity contribution < 1.29 is 9.84 Å². The number of fused-ring (bicyclic) bond motifs is 1. The fraction of sp³-hybridized carbons (Fsp3) is 0.231.